The van der Waals surface area contributed by atoms with Crippen molar-refractivity contribution >= 4 is 0 Å². The molecule has 2 heterocycles. The molecule has 0 atom stereocenters. The van der Waals surface area contributed by atoms with Gasteiger partial charge in [-0.05, 0) is 58.9 Å². The van der Waals surface area contributed by atoms with Crippen LogP contribution in [0.1, 0.15) is 33.1 Å². The van der Waals surface area contributed by atoms with Gasteiger partial charge in [-0.1, -0.05) is 13.8 Å². The van der Waals surface area contributed by atoms with Crippen LogP contribution < -0.4 is 0 Å². The maximum Gasteiger partial charge on any atom is 0.0110 e. The zero-order chi connectivity index (χ0) is 13.4. The van der Waals surface area contributed by atoms with E-state index in [1.165, 1.54) is 65.1 Å². The molecule has 108 valence electrons. The van der Waals surface area contributed by atoms with Crippen LogP contribution >= 0.6 is 0 Å². The molecule has 0 N–H and O–H groups in total. The number of hydrogen-bond donors (Lipinski definition) is 0. The van der Waals surface area contributed by atoms with Crippen LogP contribution in [0.4, 0.5) is 0 Å². The zero-order valence-corrected chi connectivity index (χ0v) is 13.0. The van der Waals surface area contributed by atoms with E-state index in [1.807, 2.05) is 13.8 Å². The Morgan fingerprint density at radius 3 is 1.83 bits per heavy atom. The summed E-state index contributed by atoms with van der Waals surface area (Å²) in [6.07, 6.45) is 4.27. The minimum atomic E-state index is 0.996. The lowest BCUT2D eigenvalue weighted by molar-refractivity contribution is 0.135. The van der Waals surface area contributed by atoms with Crippen molar-refractivity contribution in [1.29, 1.82) is 0 Å². The Bertz CT molecular complexity index is 170. The fraction of sp³-hybridized carbons (Fsp3) is 1.00. The van der Waals surface area contributed by atoms with Crippen LogP contribution in [0, 0.1) is 5.92 Å². The maximum atomic E-state index is 2.65. The second kappa shape index (κ2) is 8.89. The molecule has 0 radical (unpaired) electrons. The van der Waals surface area contributed by atoms with Crippen molar-refractivity contribution in [2.24, 2.45) is 5.92 Å². The van der Waals surface area contributed by atoms with E-state index in [4.69, 9.17) is 0 Å². The second-order valence-electron chi connectivity index (χ2n) is 5.68. The van der Waals surface area contributed by atoms with Crippen molar-refractivity contribution in [3.8, 4) is 0 Å². The molecule has 2 saturated heterocycles. The van der Waals surface area contributed by atoms with Crippen molar-refractivity contribution in [3.63, 3.8) is 0 Å². The molecule has 0 saturated carbocycles. The average Bonchev–Trinajstić information content (AvgIpc) is 2.42. The summed E-state index contributed by atoms with van der Waals surface area (Å²) in [6.45, 7) is 13.0. The minimum absolute atomic E-state index is 0.996. The van der Waals surface area contributed by atoms with Gasteiger partial charge in [0.25, 0.3) is 0 Å². The summed E-state index contributed by atoms with van der Waals surface area (Å²) in [5.74, 6) is 0.996. The van der Waals surface area contributed by atoms with Gasteiger partial charge in [-0.3, -0.25) is 0 Å². The highest BCUT2D eigenvalue weighted by Crippen LogP contribution is 2.19. The summed E-state index contributed by atoms with van der Waals surface area (Å²) < 4.78 is 0. The lowest BCUT2D eigenvalue weighted by Gasteiger charge is -2.34. The minimum Gasteiger partial charge on any atom is -0.306 e. The molecule has 0 aromatic carbocycles. The first kappa shape index (κ1) is 15.9. The monoisotopic (exact) mass is 255 g/mol. The van der Waals surface area contributed by atoms with E-state index in [2.05, 4.69) is 28.8 Å². The molecule has 0 spiro atoms. The van der Waals surface area contributed by atoms with E-state index in [9.17, 15) is 0 Å². The van der Waals surface area contributed by atoms with Gasteiger partial charge in [0.2, 0.25) is 0 Å². The van der Waals surface area contributed by atoms with Gasteiger partial charge in [-0.2, -0.15) is 0 Å². The van der Waals surface area contributed by atoms with E-state index in [0.717, 1.165) is 5.92 Å². The Morgan fingerprint density at radius 2 is 1.28 bits per heavy atom. The molecule has 18 heavy (non-hydrogen) atoms. The van der Waals surface area contributed by atoms with Gasteiger partial charge in [0.1, 0.15) is 0 Å². The normalized spacial score (nSPS) is 24.7. The molecule has 0 unspecified atom stereocenters. The third-order valence-corrected chi connectivity index (χ3v) is 4.29. The molecule has 3 nitrogen and oxygen atoms in total. The predicted octanol–water partition coefficient (Wildman–Crippen LogP) is 1.99. The molecule has 0 amide bonds. The predicted molar refractivity (Wildman–Crippen MR) is 80.1 cm³/mol. The Hall–Kier alpha value is -0.120. The van der Waals surface area contributed by atoms with E-state index < -0.39 is 0 Å². The van der Waals surface area contributed by atoms with Crippen LogP contribution in [-0.4, -0.2) is 74.6 Å². The lowest BCUT2D eigenvalue weighted by atomic mass is 9.93. The summed E-state index contributed by atoms with van der Waals surface area (Å²) in [5, 5.41) is 0. The largest absolute Gasteiger partial charge is 0.306 e. The van der Waals surface area contributed by atoms with Gasteiger partial charge >= 0.3 is 0 Å². The molecule has 0 aromatic rings. The van der Waals surface area contributed by atoms with Crippen molar-refractivity contribution in [3.05, 3.63) is 0 Å². The smallest absolute Gasteiger partial charge is 0.0110 e. The average molecular weight is 255 g/mol. The molecule has 2 fully saturated rings. The van der Waals surface area contributed by atoms with E-state index in [0.29, 0.717) is 0 Å². The molecular formula is C15H33N3. The standard InChI is InChI=1S/C13H27N3.C2H6/c1-14-6-3-13(4-7-14)5-8-16-11-9-15(2)10-12-16;1-2/h13H,3-12H2,1-2H3;1-2H3. The summed E-state index contributed by atoms with van der Waals surface area (Å²) in [7, 11) is 4.48. The highest BCUT2D eigenvalue weighted by molar-refractivity contribution is 4.74. The Labute approximate surface area is 114 Å². The molecule has 0 bridgehead atoms. The van der Waals surface area contributed by atoms with Crippen LogP contribution in [0.2, 0.25) is 0 Å². The van der Waals surface area contributed by atoms with Gasteiger partial charge in [0.05, 0.1) is 0 Å². The van der Waals surface area contributed by atoms with Gasteiger partial charge in [-0.15, -0.1) is 0 Å². The van der Waals surface area contributed by atoms with Crippen LogP contribution in [0.3, 0.4) is 0 Å². The van der Waals surface area contributed by atoms with Crippen molar-refractivity contribution in [2.75, 3.05) is 59.9 Å². The molecule has 0 aromatic heterocycles. The van der Waals surface area contributed by atoms with Crippen LogP contribution in [0.25, 0.3) is 0 Å². The third-order valence-electron chi connectivity index (χ3n) is 4.29. The quantitative estimate of drug-likeness (QED) is 0.764. The molecule has 0 aliphatic carbocycles. The number of nitrogens with zero attached hydrogens (tertiary/aromatic N) is 3. The second-order valence-corrected chi connectivity index (χ2v) is 5.68. The summed E-state index contributed by atoms with van der Waals surface area (Å²) in [6, 6.07) is 0. The maximum absolute atomic E-state index is 2.65. The Balaban J connectivity index is 0.000000771. The van der Waals surface area contributed by atoms with Crippen molar-refractivity contribution in [2.45, 2.75) is 33.1 Å². The molecule has 2 aliphatic heterocycles. The first-order valence-electron chi connectivity index (χ1n) is 7.83. The highest BCUT2D eigenvalue weighted by atomic mass is 15.2. The van der Waals surface area contributed by atoms with Crippen LogP contribution in [0.15, 0.2) is 0 Å². The SMILES string of the molecule is CC.CN1CCC(CCN2CCN(C)CC2)CC1. The van der Waals surface area contributed by atoms with E-state index in [1.54, 1.807) is 0 Å². The number of likely N-dealkylation sites (tertiary alicyclic amines) is 1. The van der Waals surface area contributed by atoms with Gasteiger partial charge in [-0.25, -0.2) is 0 Å². The number of piperidine rings is 1. The molecular weight excluding hydrogens is 222 g/mol. The van der Waals surface area contributed by atoms with E-state index >= 15 is 0 Å². The molecule has 2 rings (SSSR count). The van der Waals surface area contributed by atoms with Gasteiger partial charge < -0.3 is 14.7 Å². The topological polar surface area (TPSA) is 9.72 Å². The fourth-order valence-electron chi connectivity index (χ4n) is 2.79. The number of piperazine rings is 1. The zero-order valence-electron chi connectivity index (χ0n) is 13.0. The third kappa shape index (κ3) is 5.68. The lowest BCUT2D eigenvalue weighted by Crippen LogP contribution is -2.45. The van der Waals surface area contributed by atoms with Crippen molar-refractivity contribution in [1.82, 2.24) is 14.7 Å². The summed E-state index contributed by atoms with van der Waals surface area (Å²) >= 11 is 0. The first-order chi connectivity index (χ1) is 8.74. The van der Waals surface area contributed by atoms with Gasteiger partial charge in [0, 0.05) is 26.2 Å². The van der Waals surface area contributed by atoms with Crippen LogP contribution in [0.5, 0.6) is 0 Å². The first-order valence-corrected chi connectivity index (χ1v) is 7.83. The van der Waals surface area contributed by atoms with Crippen molar-refractivity contribution < 1.29 is 0 Å². The Morgan fingerprint density at radius 1 is 0.778 bits per heavy atom. The number of likely N-dealkylation sites (N-methyl/N-ethyl adjacent to an activating group) is 1. The fourth-order valence-corrected chi connectivity index (χ4v) is 2.79. The Kier molecular flexibility index (Phi) is 7.87. The summed E-state index contributed by atoms with van der Waals surface area (Å²) in [5.41, 5.74) is 0. The molecule has 2 aliphatic rings. The van der Waals surface area contributed by atoms with E-state index in [-0.39, 0.29) is 0 Å². The summed E-state index contributed by atoms with van der Waals surface area (Å²) in [4.78, 5) is 7.55. The number of hydrogen-bond acceptors (Lipinski definition) is 3. The van der Waals surface area contributed by atoms with Gasteiger partial charge in [0.15, 0.2) is 0 Å². The molecule has 3 heteroatoms. The highest BCUT2D eigenvalue weighted by Gasteiger charge is 2.19. The number of rotatable bonds is 3. The van der Waals surface area contributed by atoms with Crippen LogP contribution in [-0.2, 0) is 0 Å².